The molecule has 10 heteroatoms. The lowest BCUT2D eigenvalue weighted by atomic mass is 9.91. The summed E-state index contributed by atoms with van der Waals surface area (Å²) in [5, 5.41) is 29.3. The minimum Gasteiger partial charge on any atom is -0.504 e. The van der Waals surface area contributed by atoms with Gasteiger partial charge in [0.1, 0.15) is 0 Å². The third kappa shape index (κ3) is 7.27. The van der Waals surface area contributed by atoms with Gasteiger partial charge < -0.3 is 48.1 Å². The number of phenolic OH excluding ortho intramolecular Hbond substituents is 2. The van der Waals surface area contributed by atoms with E-state index < -0.39 is 0 Å². The summed E-state index contributed by atoms with van der Waals surface area (Å²) in [6, 6.07) is 39.0. The molecule has 8 aromatic rings. The first-order valence-corrected chi connectivity index (χ1v) is 18.4. The van der Waals surface area contributed by atoms with Gasteiger partial charge in [-0.2, -0.15) is 0 Å². The maximum Gasteiger partial charge on any atom is 0.188 e. The fourth-order valence-corrected chi connectivity index (χ4v) is 7.37. The molecule has 0 aliphatic carbocycles. The molecule has 0 atom stereocenters. The molecule has 8 aromatic carbocycles. The predicted octanol–water partition coefficient (Wildman–Crippen LogP) is 10.7. The highest BCUT2D eigenvalue weighted by Crippen LogP contribution is 2.53. The monoisotopic (exact) mass is 780 g/mol. The summed E-state index contributed by atoms with van der Waals surface area (Å²) in [6.07, 6.45) is 0. The number of phenols is 2. The molecule has 58 heavy (non-hydrogen) atoms. The number of hydrogen-bond donors (Lipinski definition) is 2. The third-order valence-electron chi connectivity index (χ3n) is 9.93. The molecule has 296 valence electrons. The van der Waals surface area contributed by atoms with Gasteiger partial charge in [-0.05, 0) is 67.4 Å². The van der Waals surface area contributed by atoms with Crippen molar-refractivity contribution in [2.45, 2.75) is 0 Å². The second-order valence-electron chi connectivity index (χ2n) is 13.2. The van der Waals surface area contributed by atoms with Crippen molar-refractivity contribution < 1.29 is 48.1 Å². The van der Waals surface area contributed by atoms with E-state index in [0.29, 0.717) is 45.6 Å². The van der Waals surface area contributed by atoms with Crippen LogP contribution in [0.4, 0.5) is 0 Å². The molecule has 0 fully saturated rings. The van der Waals surface area contributed by atoms with Crippen LogP contribution in [0.25, 0.3) is 65.3 Å². The van der Waals surface area contributed by atoms with Crippen molar-refractivity contribution in [3.05, 3.63) is 121 Å². The molecule has 8 rings (SSSR count). The van der Waals surface area contributed by atoms with E-state index in [2.05, 4.69) is 12.1 Å². The summed E-state index contributed by atoms with van der Waals surface area (Å²) in [4.78, 5) is 0. The molecule has 0 bridgehead atoms. The van der Waals surface area contributed by atoms with Crippen molar-refractivity contribution in [1.82, 2.24) is 0 Å². The zero-order valence-electron chi connectivity index (χ0n) is 33.1. The van der Waals surface area contributed by atoms with Gasteiger partial charge >= 0.3 is 0 Å². The Morgan fingerprint density at radius 3 is 0.931 bits per heavy atom. The van der Waals surface area contributed by atoms with Crippen LogP contribution >= 0.6 is 0 Å². The molecule has 0 radical (unpaired) electrons. The number of fused-ring (bicyclic) bond motifs is 4. The Hall–Kier alpha value is -6.88. The number of benzene rings is 8. The van der Waals surface area contributed by atoms with Gasteiger partial charge in [0.15, 0.2) is 59.6 Å². The lowest BCUT2D eigenvalue weighted by Gasteiger charge is -2.22. The molecule has 0 saturated heterocycles. The Kier molecular flexibility index (Phi) is 11.9. The average Bonchev–Trinajstić information content (AvgIpc) is 3.27. The van der Waals surface area contributed by atoms with Gasteiger partial charge in [0.05, 0.1) is 28.4 Å². The molecular weight excluding hydrogens is 737 g/mol. The van der Waals surface area contributed by atoms with Crippen LogP contribution < -0.4 is 28.4 Å². The van der Waals surface area contributed by atoms with Gasteiger partial charge in [0.25, 0.3) is 0 Å². The summed E-state index contributed by atoms with van der Waals surface area (Å²) >= 11 is 0. The maximum absolute atomic E-state index is 10.9. The van der Waals surface area contributed by atoms with E-state index in [1.807, 2.05) is 97.1 Å². The van der Waals surface area contributed by atoms with Crippen LogP contribution in [0.15, 0.2) is 121 Å². The molecule has 10 nitrogen and oxygen atoms in total. The Morgan fingerprint density at radius 1 is 0.362 bits per heavy atom. The Morgan fingerprint density at radius 2 is 0.638 bits per heavy atom. The van der Waals surface area contributed by atoms with Gasteiger partial charge in [-0.25, -0.2) is 0 Å². The number of methoxy groups -OCH3 is 6. The molecular formula is C48H44O10. The largest absolute Gasteiger partial charge is 0.504 e. The zero-order chi connectivity index (χ0) is 40.8. The van der Waals surface area contributed by atoms with Crippen molar-refractivity contribution in [2.24, 2.45) is 0 Å². The molecule has 0 spiro atoms. The molecule has 0 heterocycles. The minimum absolute atomic E-state index is 0.0140. The maximum atomic E-state index is 10.9. The zero-order valence-corrected chi connectivity index (χ0v) is 33.1. The van der Waals surface area contributed by atoms with Crippen LogP contribution in [-0.2, 0) is 9.47 Å². The molecule has 0 aromatic heterocycles. The first-order valence-electron chi connectivity index (χ1n) is 18.4. The second kappa shape index (κ2) is 17.5. The normalized spacial score (nSPS) is 11.0. The molecule has 0 unspecified atom stereocenters. The predicted molar refractivity (Wildman–Crippen MR) is 228 cm³/mol. The molecule has 0 amide bonds. The Balaban J connectivity index is 0.000000180. The smallest absolute Gasteiger partial charge is 0.188 e. The topological polar surface area (TPSA) is 114 Å². The molecule has 2 N–H and O–H groups in total. The fraction of sp³-hybridized carbons (Fsp3) is 0.167. The SMILES string of the molecule is COCOc1c(OC)cc2ccccc2c1-c1c(OCOC)c(OC)cc2ccccc12.COc1cc2ccccc2c(-c2c(O)c(OC)cc3ccccc23)c1O. The quantitative estimate of drug-likeness (QED) is 0.116. The number of ether oxygens (including phenoxy) is 8. The molecule has 0 aliphatic rings. The summed E-state index contributed by atoms with van der Waals surface area (Å²) < 4.78 is 44.8. The lowest BCUT2D eigenvalue weighted by molar-refractivity contribution is 0.0482. The second-order valence-corrected chi connectivity index (χ2v) is 13.2. The standard InChI is InChI=1S/C26H26O6.C22H18O4/c1-27-15-31-25-21(29-3)13-17-9-5-7-11-19(17)23(25)24-20-12-8-6-10-18(20)14-22(30-4)26(24)32-16-28-2;1-25-17-11-13-7-3-5-9-15(13)19(21(17)23)20-16-10-6-4-8-14(16)12-18(26-2)22(20)24/h5-14H,15-16H2,1-4H3;3-12,23-24H,1-2H3. The Labute approximate surface area is 336 Å². The minimum atomic E-state index is -0.0140. The van der Waals surface area contributed by atoms with E-state index in [9.17, 15) is 10.2 Å². The van der Waals surface area contributed by atoms with Gasteiger partial charge in [0.2, 0.25) is 0 Å². The van der Waals surface area contributed by atoms with E-state index in [4.69, 9.17) is 37.9 Å². The number of aromatic hydroxyl groups is 2. The van der Waals surface area contributed by atoms with Crippen molar-refractivity contribution in [3.8, 4) is 68.2 Å². The van der Waals surface area contributed by atoms with Crippen LogP contribution in [0.3, 0.4) is 0 Å². The van der Waals surface area contributed by atoms with Crippen LogP contribution in [0.2, 0.25) is 0 Å². The first-order chi connectivity index (χ1) is 28.4. The summed E-state index contributed by atoms with van der Waals surface area (Å²) in [5.74, 6) is 3.00. The molecule has 0 aliphatic heterocycles. The Bertz CT molecular complexity index is 2550. The van der Waals surface area contributed by atoms with Crippen LogP contribution in [-0.4, -0.2) is 66.5 Å². The summed E-state index contributed by atoms with van der Waals surface area (Å²) in [7, 11) is 9.44. The average molecular weight is 781 g/mol. The van der Waals surface area contributed by atoms with E-state index in [0.717, 1.165) is 54.2 Å². The number of rotatable bonds is 12. The van der Waals surface area contributed by atoms with E-state index in [-0.39, 0.29) is 25.1 Å². The van der Waals surface area contributed by atoms with Crippen molar-refractivity contribution in [2.75, 3.05) is 56.2 Å². The van der Waals surface area contributed by atoms with Gasteiger partial charge in [-0.15, -0.1) is 0 Å². The highest BCUT2D eigenvalue weighted by Gasteiger charge is 2.26. The number of hydrogen-bond acceptors (Lipinski definition) is 10. The van der Waals surface area contributed by atoms with Gasteiger partial charge in [-0.3, -0.25) is 0 Å². The van der Waals surface area contributed by atoms with E-state index in [1.54, 1.807) is 40.6 Å². The van der Waals surface area contributed by atoms with Crippen molar-refractivity contribution >= 4 is 43.1 Å². The van der Waals surface area contributed by atoms with Crippen LogP contribution in [0.5, 0.6) is 46.0 Å². The summed E-state index contributed by atoms with van der Waals surface area (Å²) in [5.41, 5.74) is 2.71. The summed E-state index contributed by atoms with van der Waals surface area (Å²) in [6.45, 7) is 0.135. The first kappa shape index (κ1) is 39.4. The highest BCUT2D eigenvalue weighted by atomic mass is 16.7. The third-order valence-corrected chi connectivity index (χ3v) is 9.93. The highest BCUT2D eigenvalue weighted by molar-refractivity contribution is 6.13. The van der Waals surface area contributed by atoms with Crippen LogP contribution in [0.1, 0.15) is 0 Å². The van der Waals surface area contributed by atoms with Crippen LogP contribution in [0, 0.1) is 0 Å². The van der Waals surface area contributed by atoms with Gasteiger partial charge in [-0.1, -0.05) is 97.1 Å². The lowest BCUT2D eigenvalue weighted by Crippen LogP contribution is -2.06. The van der Waals surface area contributed by atoms with Crippen molar-refractivity contribution in [1.29, 1.82) is 0 Å². The van der Waals surface area contributed by atoms with Gasteiger partial charge in [0, 0.05) is 36.5 Å². The van der Waals surface area contributed by atoms with Crippen molar-refractivity contribution in [3.63, 3.8) is 0 Å². The van der Waals surface area contributed by atoms with E-state index in [1.165, 1.54) is 14.2 Å². The molecule has 0 saturated carbocycles. The van der Waals surface area contributed by atoms with E-state index >= 15 is 0 Å². The fourth-order valence-electron chi connectivity index (χ4n) is 7.37.